The molecule has 1 aliphatic heterocycles. The van der Waals surface area contributed by atoms with Gasteiger partial charge in [-0.2, -0.15) is 0 Å². The van der Waals surface area contributed by atoms with Crippen molar-refractivity contribution in [1.29, 1.82) is 0 Å². The Bertz CT molecular complexity index is 1170. The molecule has 0 spiro atoms. The highest BCUT2D eigenvalue weighted by Gasteiger charge is 2.36. The van der Waals surface area contributed by atoms with Gasteiger partial charge in [-0.25, -0.2) is 0 Å². The highest BCUT2D eigenvalue weighted by molar-refractivity contribution is 6.22. The number of aryl methyl sites for hydroxylation is 1. The lowest BCUT2D eigenvalue weighted by atomic mass is 10.0. The zero-order chi connectivity index (χ0) is 23.5. The van der Waals surface area contributed by atoms with Crippen molar-refractivity contribution in [3.63, 3.8) is 0 Å². The lowest BCUT2D eigenvalue weighted by molar-refractivity contribution is 0.0631. The third-order valence-electron chi connectivity index (χ3n) is 5.98. The summed E-state index contributed by atoms with van der Waals surface area (Å²) in [7, 11) is 3.94. The van der Waals surface area contributed by atoms with Crippen molar-refractivity contribution in [3.05, 3.63) is 94.4 Å². The van der Waals surface area contributed by atoms with Crippen molar-refractivity contribution in [2.24, 2.45) is 0 Å². The number of carbonyl (C=O) groups is 3. The van der Waals surface area contributed by atoms with Gasteiger partial charge in [0.15, 0.2) is 0 Å². The highest BCUT2D eigenvalue weighted by Crippen LogP contribution is 2.26. The molecule has 1 unspecified atom stereocenters. The van der Waals surface area contributed by atoms with Crippen LogP contribution in [0.2, 0.25) is 0 Å². The van der Waals surface area contributed by atoms with E-state index in [9.17, 15) is 14.4 Å². The number of hydrogen-bond donors (Lipinski definition) is 1. The molecule has 0 fully saturated rings. The molecule has 1 aliphatic rings. The third kappa shape index (κ3) is 4.59. The van der Waals surface area contributed by atoms with Crippen molar-refractivity contribution < 1.29 is 18.8 Å². The van der Waals surface area contributed by atoms with Crippen LogP contribution in [0.1, 0.15) is 60.9 Å². The summed E-state index contributed by atoms with van der Waals surface area (Å²) >= 11 is 0. The van der Waals surface area contributed by atoms with Gasteiger partial charge >= 0.3 is 0 Å². The molecule has 3 amide bonds. The maximum atomic E-state index is 12.9. The number of likely N-dealkylation sites (N-methyl/N-ethyl adjacent to an activating group) is 1. The maximum absolute atomic E-state index is 12.9. The van der Waals surface area contributed by atoms with Gasteiger partial charge in [-0.05, 0) is 62.0 Å². The van der Waals surface area contributed by atoms with E-state index in [0.29, 0.717) is 23.4 Å². The Morgan fingerprint density at radius 1 is 1.03 bits per heavy atom. The van der Waals surface area contributed by atoms with E-state index in [0.717, 1.165) is 16.9 Å². The minimum absolute atomic E-state index is 0.00119. The Morgan fingerprint density at radius 3 is 2.39 bits per heavy atom. The normalized spacial score (nSPS) is 14.0. The zero-order valence-corrected chi connectivity index (χ0v) is 19.0. The first-order valence-corrected chi connectivity index (χ1v) is 10.9. The van der Waals surface area contributed by atoms with Gasteiger partial charge in [0, 0.05) is 12.1 Å². The van der Waals surface area contributed by atoms with Crippen LogP contribution in [0.4, 0.5) is 0 Å². The van der Waals surface area contributed by atoms with E-state index < -0.39 is 5.91 Å². The van der Waals surface area contributed by atoms with Crippen LogP contribution in [0.5, 0.6) is 0 Å². The third-order valence-corrected chi connectivity index (χ3v) is 5.98. The molecule has 1 aromatic heterocycles. The summed E-state index contributed by atoms with van der Waals surface area (Å²) in [4.78, 5) is 41.6. The smallest absolute Gasteiger partial charge is 0.261 e. The van der Waals surface area contributed by atoms with E-state index in [1.165, 1.54) is 17.9 Å². The van der Waals surface area contributed by atoms with E-state index in [-0.39, 0.29) is 30.0 Å². The van der Waals surface area contributed by atoms with Gasteiger partial charge in [0.05, 0.1) is 30.0 Å². The monoisotopic (exact) mass is 445 g/mol. The maximum Gasteiger partial charge on any atom is 0.261 e. The number of amides is 3. The summed E-state index contributed by atoms with van der Waals surface area (Å²) in [5.74, 6) is -0.589. The molecule has 7 heteroatoms. The molecule has 0 saturated heterocycles. The topological polar surface area (TPSA) is 82.9 Å². The first-order chi connectivity index (χ1) is 15.9. The molecule has 2 heterocycles. The Morgan fingerprint density at radius 2 is 1.76 bits per heavy atom. The molecule has 1 atom stereocenters. The van der Waals surface area contributed by atoms with E-state index >= 15 is 0 Å². The molecule has 0 bridgehead atoms. The molecule has 3 aromatic rings. The molecule has 33 heavy (non-hydrogen) atoms. The standard InChI is InChI=1S/C26H27N3O4/c1-4-17-7-9-18(10-8-17)23(28(2)3)15-27-24(30)19-11-12-21-22(14-19)26(32)29(25(21)31)16-20-6-5-13-33-20/h5-14,23H,4,15-16H2,1-3H3,(H,27,30). The molecule has 0 saturated carbocycles. The molecular weight excluding hydrogens is 418 g/mol. The molecule has 170 valence electrons. The van der Waals surface area contributed by atoms with Crippen molar-refractivity contribution >= 4 is 17.7 Å². The van der Waals surface area contributed by atoms with Crippen LogP contribution < -0.4 is 5.32 Å². The molecule has 0 aliphatic carbocycles. The van der Waals surface area contributed by atoms with E-state index in [1.54, 1.807) is 24.3 Å². The van der Waals surface area contributed by atoms with E-state index in [1.807, 2.05) is 14.1 Å². The summed E-state index contributed by atoms with van der Waals surface area (Å²) in [6.07, 6.45) is 2.47. The number of furan rings is 1. The fraction of sp³-hybridized carbons (Fsp3) is 0.269. The van der Waals surface area contributed by atoms with Crippen molar-refractivity contribution in [2.45, 2.75) is 25.9 Å². The molecule has 1 N–H and O–H groups in total. The second kappa shape index (κ2) is 9.42. The van der Waals surface area contributed by atoms with Gasteiger partial charge in [-0.3, -0.25) is 19.3 Å². The van der Waals surface area contributed by atoms with E-state index in [4.69, 9.17) is 4.42 Å². The number of fused-ring (bicyclic) bond motifs is 1. The van der Waals surface area contributed by atoms with Crippen LogP contribution in [-0.2, 0) is 13.0 Å². The Hall–Kier alpha value is -3.71. The van der Waals surface area contributed by atoms with Crippen molar-refractivity contribution in [2.75, 3.05) is 20.6 Å². The zero-order valence-electron chi connectivity index (χ0n) is 19.0. The molecule has 7 nitrogen and oxygen atoms in total. The van der Waals surface area contributed by atoms with Gasteiger partial charge in [0.25, 0.3) is 17.7 Å². The average Bonchev–Trinajstić information content (AvgIpc) is 3.42. The van der Waals surface area contributed by atoms with E-state index in [2.05, 4.69) is 41.4 Å². The van der Waals surface area contributed by atoms with Crippen LogP contribution in [0, 0.1) is 0 Å². The van der Waals surface area contributed by atoms with Crippen LogP contribution in [0.15, 0.2) is 65.3 Å². The van der Waals surface area contributed by atoms with Crippen LogP contribution in [0.3, 0.4) is 0 Å². The number of benzene rings is 2. The second-order valence-corrected chi connectivity index (χ2v) is 8.32. The second-order valence-electron chi connectivity index (χ2n) is 8.32. The van der Waals surface area contributed by atoms with Crippen molar-refractivity contribution in [1.82, 2.24) is 15.1 Å². The van der Waals surface area contributed by atoms with Gasteiger partial charge in [-0.1, -0.05) is 31.2 Å². The minimum Gasteiger partial charge on any atom is -0.467 e. The largest absolute Gasteiger partial charge is 0.467 e. The van der Waals surface area contributed by atoms with Gasteiger partial charge in [0.2, 0.25) is 0 Å². The van der Waals surface area contributed by atoms with Crippen LogP contribution >= 0.6 is 0 Å². The number of imide groups is 1. The number of hydrogen-bond acceptors (Lipinski definition) is 5. The predicted molar refractivity (Wildman–Crippen MR) is 124 cm³/mol. The average molecular weight is 446 g/mol. The lowest BCUT2D eigenvalue weighted by Gasteiger charge is -2.25. The number of rotatable bonds is 8. The summed E-state index contributed by atoms with van der Waals surface area (Å²) in [6.45, 7) is 2.58. The summed E-state index contributed by atoms with van der Waals surface area (Å²) in [5, 5.41) is 2.97. The van der Waals surface area contributed by atoms with Crippen LogP contribution in [0.25, 0.3) is 0 Å². The number of nitrogens with one attached hydrogen (secondary N) is 1. The predicted octanol–water partition coefficient (Wildman–Crippen LogP) is 3.67. The molecular formula is C26H27N3O4. The van der Waals surface area contributed by atoms with Gasteiger partial charge < -0.3 is 14.6 Å². The lowest BCUT2D eigenvalue weighted by Crippen LogP contribution is -2.34. The fourth-order valence-corrected chi connectivity index (χ4v) is 4.00. The summed E-state index contributed by atoms with van der Waals surface area (Å²) in [6, 6.07) is 16.4. The van der Waals surface area contributed by atoms with Gasteiger partial charge in [0.1, 0.15) is 5.76 Å². The highest BCUT2D eigenvalue weighted by atomic mass is 16.3. The Kier molecular flexibility index (Phi) is 6.42. The Labute approximate surface area is 193 Å². The molecule has 4 rings (SSSR count). The first-order valence-electron chi connectivity index (χ1n) is 10.9. The molecule has 2 aromatic carbocycles. The number of nitrogens with zero attached hydrogens (tertiary/aromatic N) is 2. The quantitative estimate of drug-likeness (QED) is 0.535. The molecule has 0 radical (unpaired) electrons. The number of carbonyl (C=O) groups excluding carboxylic acids is 3. The fourth-order valence-electron chi connectivity index (χ4n) is 4.00. The summed E-state index contributed by atoms with van der Waals surface area (Å²) < 4.78 is 5.26. The SMILES string of the molecule is CCc1ccc(C(CNC(=O)c2ccc3c(c2)C(=O)N(Cc2ccco2)C3=O)N(C)C)cc1. The first kappa shape index (κ1) is 22.5. The van der Waals surface area contributed by atoms with Crippen LogP contribution in [-0.4, -0.2) is 48.2 Å². The van der Waals surface area contributed by atoms with Crippen molar-refractivity contribution in [3.8, 4) is 0 Å². The summed E-state index contributed by atoms with van der Waals surface area (Å²) in [5.41, 5.74) is 3.25. The minimum atomic E-state index is -0.428. The van der Waals surface area contributed by atoms with Gasteiger partial charge in [-0.15, -0.1) is 0 Å². The Balaban J connectivity index is 1.47.